The van der Waals surface area contributed by atoms with Gasteiger partial charge in [0.1, 0.15) is 18.2 Å². The van der Waals surface area contributed by atoms with Gasteiger partial charge in [-0.05, 0) is 78.4 Å². The van der Waals surface area contributed by atoms with E-state index in [0.717, 1.165) is 47.3 Å². The SMILES string of the molecule is NCCCN(Cc1ccc(OCc2ccc(F)cc2)cc1)C(=O)c1ccccc1CCc1ccccc1. The van der Waals surface area contributed by atoms with Gasteiger partial charge in [0, 0.05) is 18.7 Å². The Labute approximate surface area is 218 Å². The van der Waals surface area contributed by atoms with E-state index in [1.165, 1.54) is 17.7 Å². The van der Waals surface area contributed by atoms with E-state index in [1.807, 2.05) is 71.6 Å². The highest BCUT2D eigenvalue weighted by Crippen LogP contribution is 2.19. The predicted molar refractivity (Wildman–Crippen MR) is 146 cm³/mol. The fourth-order valence-corrected chi connectivity index (χ4v) is 4.23. The number of carbonyl (C=O) groups is 1. The highest BCUT2D eigenvalue weighted by atomic mass is 19.1. The average Bonchev–Trinajstić information content (AvgIpc) is 2.95. The maximum Gasteiger partial charge on any atom is 0.254 e. The topological polar surface area (TPSA) is 55.6 Å². The number of hydrogen-bond acceptors (Lipinski definition) is 3. The van der Waals surface area contributed by atoms with Crippen LogP contribution in [0.25, 0.3) is 0 Å². The minimum Gasteiger partial charge on any atom is -0.489 e. The van der Waals surface area contributed by atoms with Crippen LogP contribution in [0, 0.1) is 5.82 Å². The molecule has 4 rings (SSSR count). The third-order valence-corrected chi connectivity index (χ3v) is 6.31. The first-order chi connectivity index (χ1) is 18.1. The quantitative estimate of drug-likeness (QED) is 0.255. The predicted octanol–water partition coefficient (Wildman–Crippen LogP) is 6.18. The van der Waals surface area contributed by atoms with E-state index in [-0.39, 0.29) is 11.7 Å². The molecule has 1 amide bonds. The Bertz CT molecular complexity index is 1260. The van der Waals surface area contributed by atoms with Gasteiger partial charge in [-0.25, -0.2) is 4.39 Å². The van der Waals surface area contributed by atoms with Gasteiger partial charge >= 0.3 is 0 Å². The zero-order chi connectivity index (χ0) is 25.9. The Kier molecular flexibility index (Phi) is 9.44. The minimum absolute atomic E-state index is 0.0220. The van der Waals surface area contributed by atoms with Crippen LogP contribution >= 0.6 is 0 Å². The number of aryl methyl sites for hydroxylation is 2. The molecule has 0 aliphatic heterocycles. The van der Waals surface area contributed by atoms with Crippen molar-refractivity contribution in [1.82, 2.24) is 4.90 Å². The van der Waals surface area contributed by atoms with Gasteiger partial charge in [0.25, 0.3) is 5.91 Å². The molecule has 0 atom stereocenters. The zero-order valence-electron chi connectivity index (χ0n) is 21.0. The van der Waals surface area contributed by atoms with E-state index in [0.29, 0.717) is 26.2 Å². The number of ether oxygens (including phenoxy) is 1. The van der Waals surface area contributed by atoms with Gasteiger partial charge in [-0.1, -0.05) is 72.8 Å². The van der Waals surface area contributed by atoms with Crippen molar-refractivity contribution in [2.45, 2.75) is 32.4 Å². The molecule has 0 aromatic heterocycles. The van der Waals surface area contributed by atoms with E-state index in [9.17, 15) is 9.18 Å². The summed E-state index contributed by atoms with van der Waals surface area (Å²) in [5.41, 5.74) is 10.8. The summed E-state index contributed by atoms with van der Waals surface area (Å²) in [6.45, 7) is 1.96. The normalized spacial score (nSPS) is 10.8. The van der Waals surface area contributed by atoms with E-state index in [4.69, 9.17) is 10.5 Å². The molecule has 0 saturated carbocycles. The first kappa shape index (κ1) is 26.1. The fraction of sp³-hybridized carbons (Fsp3) is 0.219. The van der Waals surface area contributed by atoms with Gasteiger partial charge in [-0.2, -0.15) is 0 Å². The molecule has 0 radical (unpaired) electrons. The number of rotatable bonds is 12. The summed E-state index contributed by atoms with van der Waals surface area (Å²) >= 11 is 0. The number of nitrogens with zero attached hydrogens (tertiary/aromatic N) is 1. The molecule has 0 aliphatic carbocycles. The lowest BCUT2D eigenvalue weighted by Crippen LogP contribution is -2.33. The third-order valence-electron chi connectivity index (χ3n) is 6.31. The van der Waals surface area contributed by atoms with Crippen molar-refractivity contribution in [2.24, 2.45) is 5.73 Å². The van der Waals surface area contributed by atoms with Crippen LogP contribution in [-0.2, 0) is 26.0 Å². The van der Waals surface area contributed by atoms with Crippen LogP contribution in [0.4, 0.5) is 4.39 Å². The van der Waals surface area contributed by atoms with Gasteiger partial charge in [0.15, 0.2) is 0 Å². The first-order valence-corrected chi connectivity index (χ1v) is 12.7. The number of carbonyl (C=O) groups excluding carboxylic acids is 1. The van der Waals surface area contributed by atoms with Crippen LogP contribution < -0.4 is 10.5 Å². The molecule has 4 aromatic rings. The van der Waals surface area contributed by atoms with Crippen LogP contribution in [-0.4, -0.2) is 23.9 Å². The standard InChI is InChI=1S/C32H33FN2O2/c33-29-17-12-27(13-18-29)24-37-30-19-14-26(15-20-30)23-35(22-6-21-34)32(36)31-10-5-4-9-28(31)16-11-25-7-2-1-3-8-25/h1-5,7-10,12-15,17-20H,6,11,16,21-24,34H2. The molecule has 2 N–H and O–H groups in total. The Balaban J connectivity index is 1.42. The Morgan fingerprint density at radius 2 is 1.43 bits per heavy atom. The monoisotopic (exact) mass is 496 g/mol. The van der Waals surface area contributed by atoms with Crippen molar-refractivity contribution < 1.29 is 13.9 Å². The second-order valence-electron chi connectivity index (χ2n) is 9.07. The molecule has 4 aromatic carbocycles. The molecule has 0 saturated heterocycles. The van der Waals surface area contributed by atoms with Crippen LogP contribution in [0.5, 0.6) is 5.75 Å². The minimum atomic E-state index is -0.263. The molecule has 0 spiro atoms. The molecule has 4 nitrogen and oxygen atoms in total. The molecule has 5 heteroatoms. The highest BCUT2D eigenvalue weighted by Gasteiger charge is 2.19. The van der Waals surface area contributed by atoms with Gasteiger partial charge in [0.05, 0.1) is 0 Å². The Morgan fingerprint density at radius 1 is 0.757 bits per heavy atom. The lowest BCUT2D eigenvalue weighted by Gasteiger charge is -2.24. The van der Waals surface area contributed by atoms with Crippen LogP contribution in [0.15, 0.2) is 103 Å². The molecule has 37 heavy (non-hydrogen) atoms. The summed E-state index contributed by atoms with van der Waals surface area (Å²) in [5, 5.41) is 0. The molecule has 0 unspecified atom stereocenters. The number of benzene rings is 4. The third kappa shape index (κ3) is 7.76. The van der Waals surface area contributed by atoms with Crippen molar-refractivity contribution in [3.05, 3.63) is 137 Å². The van der Waals surface area contributed by atoms with E-state index >= 15 is 0 Å². The molecular formula is C32H33FN2O2. The van der Waals surface area contributed by atoms with Gasteiger partial charge in [-0.15, -0.1) is 0 Å². The molecule has 0 heterocycles. The molecule has 190 valence electrons. The van der Waals surface area contributed by atoms with Crippen LogP contribution in [0.3, 0.4) is 0 Å². The van der Waals surface area contributed by atoms with Gasteiger partial charge in [0.2, 0.25) is 0 Å². The van der Waals surface area contributed by atoms with Crippen molar-refractivity contribution in [3.8, 4) is 5.75 Å². The Morgan fingerprint density at radius 3 is 2.16 bits per heavy atom. The Hall–Kier alpha value is -3.96. The summed E-state index contributed by atoms with van der Waals surface area (Å²) in [5.74, 6) is 0.480. The summed E-state index contributed by atoms with van der Waals surface area (Å²) < 4.78 is 18.9. The first-order valence-electron chi connectivity index (χ1n) is 12.7. The smallest absolute Gasteiger partial charge is 0.254 e. The lowest BCUT2D eigenvalue weighted by molar-refractivity contribution is 0.0741. The highest BCUT2D eigenvalue weighted by molar-refractivity contribution is 5.95. The lowest BCUT2D eigenvalue weighted by atomic mass is 9.98. The summed E-state index contributed by atoms with van der Waals surface area (Å²) in [4.78, 5) is 15.5. The van der Waals surface area contributed by atoms with Crippen LogP contribution in [0.2, 0.25) is 0 Å². The van der Waals surface area contributed by atoms with E-state index in [2.05, 4.69) is 12.1 Å². The van der Waals surface area contributed by atoms with Crippen molar-refractivity contribution >= 4 is 5.91 Å². The fourth-order valence-electron chi connectivity index (χ4n) is 4.23. The molecule has 0 bridgehead atoms. The van der Waals surface area contributed by atoms with E-state index in [1.54, 1.807) is 12.1 Å². The average molecular weight is 497 g/mol. The largest absolute Gasteiger partial charge is 0.489 e. The maximum absolute atomic E-state index is 13.7. The van der Waals surface area contributed by atoms with Crippen molar-refractivity contribution in [1.29, 1.82) is 0 Å². The van der Waals surface area contributed by atoms with Crippen LogP contribution in [0.1, 0.15) is 39.0 Å². The molecule has 0 aliphatic rings. The number of amides is 1. The van der Waals surface area contributed by atoms with E-state index < -0.39 is 0 Å². The maximum atomic E-state index is 13.7. The number of nitrogens with two attached hydrogens (primary N) is 1. The summed E-state index contributed by atoms with van der Waals surface area (Å²) in [6.07, 6.45) is 2.42. The molecular weight excluding hydrogens is 463 g/mol. The summed E-state index contributed by atoms with van der Waals surface area (Å²) in [6, 6.07) is 32.2. The number of halogens is 1. The second-order valence-corrected chi connectivity index (χ2v) is 9.07. The second kappa shape index (κ2) is 13.4. The zero-order valence-corrected chi connectivity index (χ0v) is 21.0. The van der Waals surface area contributed by atoms with Crippen molar-refractivity contribution in [2.75, 3.05) is 13.1 Å². The van der Waals surface area contributed by atoms with Gasteiger partial charge in [-0.3, -0.25) is 4.79 Å². The van der Waals surface area contributed by atoms with Gasteiger partial charge < -0.3 is 15.4 Å². The number of hydrogen-bond donors (Lipinski definition) is 1. The van der Waals surface area contributed by atoms with Crippen molar-refractivity contribution in [3.63, 3.8) is 0 Å². The summed E-state index contributed by atoms with van der Waals surface area (Å²) in [7, 11) is 0. The molecule has 0 fully saturated rings.